The molecule has 0 aromatic carbocycles. The van der Waals surface area contributed by atoms with Gasteiger partial charge in [-0.1, -0.05) is 0 Å². The maximum Gasteiger partial charge on any atom is 0.323 e. The van der Waals surface area contributed by atoms with E-state index in [0.29, 0.717) is 18.2 Å². The molecule has 108 valence electrons. The highest BCUT2D eigenvalue weighted by molar-refractivity contribution is 5.88. The fraction of sp³-hybridized carbons (Fsp3) is 0.615. The summed E-state index contributed by atoms with van der Waals surface area (Å²) in [7, 11) is 0. The summed E-state index contributed by atoms with van der Waals surface area (Å²) in [5.74, 6) is 0.914. The lowest BCUT2D eigenvalue weighted by atomic mass is 10.2. The molecule has 7 nitrogen and oxygen atoms in total. The van der Waals surface area contributed by atoms with Gasteiger partial charge >= 0.3 is 6.03 Å². The van der Waals surface area contributed by atoms with E-state index in [9.17, 15) is 15.0 Å². The molecule has 20 heavy (non-hydrogen) atoms. The molecule has 2 fully saturated rings. The number of carbonyl (C=O) groups excluding carboxylic acids is 1. The molecule has 1 saturated heterocycles. The Morgan fingerprint density at radius 2 is 2.20 bits per heavy atom. The lowest BCUT2D eigenvalue weighted by molar-refractivity contribution is 0.164. The van der Waals surface area contributed by atoms with Crippen LogP contribution in [0.5, 0.6) is 0 Å². The molecule has 0 unspecified atom stereocenters. The molecule has 0 radical (unpaired) electrons. The predicted octanol–water partition coefficient (Wildman–Crippen LogP) is 0.313. The first kappa shape index (κ1) is 13.3. The second-order valence-corrected chi connectivity index (χ2v) is 5.43. The molecule has 1 aliphatic carbocycles. The second kappa shape index (κ2) is 5.34. The molecule has 2 atom stereocenters. The van der Waals surface area contributed by atoms with E-state index in [1.165, 1.54) is 4.90 Å². The van der Waals surface area contributed by atoms with Crippen molar-refractivity contribution >= 4 is 11.8 Å². The molecule has 1 aromatic rings. The van der Waals surface area contributed by atoms with Crippen molar-refractivity contribution in [2.45, 2.75) is 37.3 Å². The Morgan fingerprint density at radius 3 is 2.80 bits per heavy atom. The molecule has 2 amide bonds. The minimum Gasteiger partial charge on any atom is -0.394 e. The number of hydrogen-bond acceptors (Lipinski definition) is 5. The number of rotatable bonds is 3. The molecular weight excluding hydrogens is 260 g/mol. The number of aliphatic hydroxyl groups excluding tert-OH is 2. The van der Waals surface area contributed by atoms with Gasteiger partial charge in [0.1, 0.15) is 0 Å². The van der Waals surface area contributed by atoms with Crippen molar-refractivity contribution in [3.05, 3.63) is 17.8 Å². The van der Waals surface area contributed by atoms with Gasteiger partial charge in [0.05, 0.1) is 24.4 Å². The molecule has 2 heterocycles. The van der Waals surface area contributed by atoms with Crippen LogP contribution in [0.25, 0.3) is 0 Å². The summed E-state index contributed by atoms with van der Waals surface area (Å²) < 4.78 is 0. The topological polar surface area (TPSA) is 98.6 Å². The number of amides is 2. The Bertz CT molecular complexity index is 489. The molecule has 1 aliphatic heterocycles. The lowest BCUT2D eigenvalue weighted by Gasteiger charge is -2.22. The Labute approximate surface area is 116 Å². The Hall–Kier alpha value is -1.73. The van der Waals surface area contributed by atoms with Crippen LogP contribution in [0.15, 0.2) is 12.1 Å². The largest absolute Gasteiger partial charge is 0.394 e. The van der Waals surface area contributed by atoms with E-state index in [2.05, 4.69) is 15.5 Å². The van der Waals surface area contributed by atoms with Gasteiger partial charge in [0.15, 0.2) is 5.82 Å². The number of anilines is 1. The van der Waals surface area contributed by atoms with Gasteiger partial charge in [-0.25, -0.2) is 4.79 Å². The minimum absolute atomic E-state index is 0.156. The number of urea groups is 1. The normalized spacial score (nSPS) is 25.8. The molecule has 1 aromatic heterocycles. The van der Waals surface area contributed by atoms with Crippen molar-refractivity contribution in [2.24, 2.45) is 0 Å². The van der Waals surface area contributed by atoms with Crippen LogP contribution in [0.3, 0.4) is 0 Å². The summed E-state index contributed by atoms with van der Waals surface area (Å²) in [5, 5.41) is 29.5. The fourth-order valence-electron chi connectivity index (χ4n) is 2.50. The summed E-state index contributed by atoms with van der Waals surface area (Å²) in [6.07, 6.45) is 2.13. The maximum absolute atomic E-state index is 12.1. The van der Waals surface area contributed by atoms with E-state index in [1.54, 1.807) is 6.07 Å². The van der Waals surface area contributed by atoms with Gasteiger partial charge in [-0.2, -0.15) is 5.10 Å². The zero-order chi connectivity index (χ0) is 14.1. The van der Waals surface area contributed by atoms with Gasteiger partial charge in [0.2, 0.25) is 0 Å². The van der Waals surface area contributed by atoms with Crippen molar-refractivity contribution in [1.29, 1.82) is 0 Å². The molecular formula is C13H18N4O3. The van der Waals surface area contributed by atoms with Gasteiger partial charge < -0.3 is 15.1 Å². The first-order chi connectivity index (χ1) is 9.67. The Kier molecular flexibility index (Phi) is 3.54. The van der Waals surface area contributed by atoms with Crippen LogP contribution in [-0.4, -0.2) is 56.6 Å². The number of aromatic nitrogens is 2. The fourth-order valence-corrected chi connectivity index (χ4v) is 2.50. The highest BCUT2D eigenvalue weighted by Gasteiger charge is 2.34. The van der Waals surface area contributed by atoms with Crippen molar-refractivity contribution in [1.82, 2.24) is 15.1 Å². The van der Waals surface area contributed by atoms with Crippen molar-refractivity contribution < 1.29 is 15.0 Å². The van der Waals surface area contributed by atoms with E-state index in [-0.39, 0.29) is 25.2 Å². The lowest BCUT2D eigenvalue weighted by Crippen LogP contribution is -2.41. The smallest absolute Gasteiger partial charge is 0.323 e. The van der Waals surface area contributed by atoms with Gasteiger partial charge in [-0.05, 0) is 31.4 Å². The van der Waals surface area contributed by atoms with Crippen LogP contribution in [0, 0.1) is 0 Å². The van der Waals surface area contributed by atoms with Crippen molar-refractivity contribution in [2.75, 3.05) is 18.5 Å². The average molecular weight is 278 g/mol. The standard InChI is InChI=1S/C13H18N4O3/c18-7-9-5-10(19)6-17(9)13(20)14-12-4-3-11(15-16-12)8-1-2-8/h3-4,8-10,18-19H,1-2,5-7H2,(H,14,16,20)/t9-,10-/m0/s1. The number of likely N-dealkylation sites (tertiary alicyclic amines) is 1. The average Bonchev–Trinajstić information content (AvgIpc) is 3.22. The summed E-state index contributed by atoms with van der Waals surface area (Å²) in [4.78, 5) is 13.5. The molecule has 0 spiro atoms. The number of nitrogens with zero attached hydrogens (tertiary/aromatic N) is 3. The van der Waals surface area contributed by atoms with E-state index in [1.807, 2.05) is 6.07 Å². The summed E-state index contributed by atoms with van der Waals surface area (Å²) in [6, 6.07) is 2.90. The van der Waals surface area contributed by atoms with E-state index < -0.39 is 6.10 Å². The first-order valence-corrected chi connectivity index (χ1v) is 6.87. The minimum atomic E-state index is -0.582. The maximum atomic E-state index is 12.1. The van der Waals surface area contributed by atoms with Crippen LogP contribution < -0.4 is 5.32 Å². The van der Waals surface area contributed by atoms with E-state index in [4.69, 9.17) is 0 Å². The van der Waals surface area contributed by atoms with Crippen LogP contribution in [0.4, 0.5) is 10.6 Å². The van der Waals surface area contributed by atoms with Gasteiger partial charge in [0.25, 0.3) is 0 Å². The third-order valence-electron chi connectivity index (χ3n) is 3.78. The summed E-state index contributed by atoms with van der Waals surface area (Å²) >= 11 is 0. The predicted molar refractivity (Wildman–Crippen MR) is 71.2 cm³/mol. The zero-order valence-electron chi connectivity index (χ0n) is 11.1. The second-order valence-electron chi connectivity index (χ2n) is 5.43. The molecule has 3 rings (SSSR count). The molecule has 2 aliphatic rings. The first-order valence-electron chi connectivity index (χ1n) is 6.87. The van der Waals surface area contributed by atoms with Crippen molar-refractivity contribution in [3.63, 3.8) is 0 Å². The monoisotopic (exact) mass is 278 g/mol. The van der Waals surface area contributed by atoms with Crippen LogP contribution in [0.1, 0.15) is 30.9 Å². The van der Waals surface area contributed by atoms with E-state index >= 15 is 0 Å². The van der Waals surface area contributed by atoms with E-state index in [0.717, 1.165) is 18.5 Å². The number of nitrogens with one attached hydrogen (secondary N) is 1. The highest BCUT2D eigenvalue weighted by atomic mass is 16.3. The van der Waals surface area contributed by atoms with Crippen LogP contribution >= 0.6 is 0 Å². The Balaban J connectivity index is 1.62. The van der Waals surface area contributed by atoms with Crippen LogP contribution in [-0.2, 0) is 0 Å². The number of carbonyl (C=O) groups is 1. The quantitative estimate of drug-likeness (QED) is 0.739. The van der Waals surface area contributed by atoms with Crippen molar-refractivity contribution in [3.8, 4) is 0 Å². The molecule has 7 heteroatoms. The Morgan fingerprint density at radius 1 is 1.40 bits per heavy atom. The van der Waals surface area contributed by atoms with Crippen LogP contribution in [0.2, 0.25) is 0 Å². The highest BCUT2D eigenvalue weighted by Crippen LogP contribution is 2.38. The SMILES string of the molecule is O=C(Nc1ccc(C2CC2)nn1)N1C[C@@H](O)C[C@H]1CO. The van der Waals surface area contributed by atoms with Gasteiger partial charge in [0, 0.05) is 12.5 Å². The third kappa shape index (κ3) is 2.73. The van der Waals surface area contributed by atoms with Gasteiger partial charge in [-0.15, -0.1) is 5.10 Å². The molecule has 1 saturated carbocycles. The molecule has 3 N–H and O–H groups in total. The summed E-state index contributed by atoms with van der Waals surface area (Å²) in [6.45, 7) is 0.0709. The summed E-state index contributed by atoms with van der Waals surface area (Å²) in [5.41, 5.74) is 0.966. The zero-order valence-corrected chi connectivity index (χ0v) is 11.1. The third-order valence-corrected chi connectivity index (χ3v) is 3.78. The number of aliphatic hydroxyl groups is 2. The number of hydrogen-bond donors (Lipinski definition) is 3. The number of β-amino-alcohol motifs (C(OH)–C–C–N with tert-alkyl or cyclic N) is 1. The van der Waals surface area contributed by atoms with Gasteiger partial charge in [-0.3, -0.25) is 5.32 Å². The molecule has 0 bridgehead atoms.